The van der Waals surface area contributed by atoms with Gasteiger partial charge < -0.3 is 19.1 Å². The van der Waals surface area contributed by atoms with E-state index < -0.39 is 0 Å². The molecule has 0 N–H and O–H groups in total. The molecular weight excluding hydrogens is 358 g/mol. The monoisotopic (exact) mass is 387 g/mol. The molecule has 0 spiro atoms. The van der Waals surface area contributed by atoms with Crippen LogP contribution in [0.1, 0.15) is 19.8 Å². The van der Waals surface area contributed by atoms with E-state index in [4.69, 9.17) is 4.74 Å². The first-order chi connectivity index (χ1) is 13.5. The van der Waals surface area contributed by atoms with Gasteiger partial charge in [-0.05, 0) is 12.8 Å². The molecular formula is C20H29N5O3. The predicted molar refractivity (Wildman–Crippen MR) is 107 cm³/mol. The van der Waals surface area contributed by atoms with Crippen molar-refractivity contribution in [3.8, 4) is 11.8 Å². The minimum absolute atomic E-state index is 0.0585. The van der Waals surface area contributed by atoms with Crippen LogP contribution in [0.5, 0.6) is 0 Å². The second kappa shape index (κ2) is 9.71. The van der Waals surface area contributed by atoms with Crippen molar-refractivity contribution < 1.29 is 9.53 Å². The standard InChI is InChI=1S/C20H29N5O3/c1-17(26)24-14-12-23(13-15-24)8-3-4-16-28-18-5-9-25(10-6-18)19-20(27)22(2)11-7-21-19/h7,11,18H,5-6,8-10,12-16H2,1-2H3. The van der Waals surface area contributed by atoms with E-state index in [1.165, 1.54) is 0 Å². The number of nitrogens with zero attached hydrogens (tertiary/aromatic N) is 5. The van der Waals surface area contributed by atoms with Crippen LogP contribution >= 0.6 is 0 Å². The lowest BCUT2D eigenvalue weighted by molar-refractivity contribution is -0.130. The molecule has 8 nitrogen and oxygen atoms in total. The fourth-order valence-electron chi connectivity index (χ4n) is 3.53. The Labute approximate surface area is 166 Å². The number of aromatic nitrogens is 2. The SMILES string of the molecule is CC(=O)N1CCN(CC#CCOC2CCN(c3nccn(C)c3=O)CC2)CC1. The quantitative estimate of drug-likeness (QED) is 0.674. The minimum atomic E-state index is -0.0585. The van der Waals surface area contributed by atoms with Gasteiger partial charge in [-0.15, -0.1) is 0 Å². The van der Waals surface area contributed by atoms with E-state index in [2.05, 4.69) is 21.7 Å². The van der Waals surface area contributed by atoms with Gasteiger partial charge in [-0.1, -0.05) is 11.8 Å². The molecule has 1 aromatic heterocycles. The van der Waals surface area contributed by atoms with Crippen LogP contribution < -0.4 is 10.5 Å². The summed E-state index contributed by atoms with van der Waals surface area (Å²) in [7, 11) is 1.74. The van der Waals surface area contributed by atoms with Crippen molar-refractivity contribution in [1.82, 2.24) is 19.4 Å². The fraction of sp³-hybridized carbons (Fsp3) is 0.650. The average molecular weight is 387 g/mol. The van der Waals surface area contributed by atoms with Gasteiger partial charge in [0.2, 0.25) is 5.91 Å². The zero-order valence-corrected chi connectivity index (χ0v) is 16.8. The highest BCUT2D eigenvalue weighted by Crippen LogP contribution is 2.16. The van der Waals surface area contributed by atoms with Gasteiger partial charge in [0.1, 0.15) is 6.61 Å². The summed E-state index contributed by atoms with van der Waals surface area (Å²) in [4.78, 5) is 33.9. The lowest BCUT2D eigenvalue weighted by Gasteiger charge is -2.33. The summed E-state index contributed by atoms with van der Waals surface area (Å²) in [6, 6.07) is 0. The summed E-state index contributed by atoms with van der Waals surface area (Å²) in [5, 5.41) is 0. The minimum Gasteiger partial charge on any atom is -0.365 e. The van der Waals surface area contributed by atoms with E-state index in [0.717, 1.165) is 58.7 Å². The lowest BCUT2D eigenvalue weighted by atomic mass is 10.1. The molecule has 0 unspecified atom stereocenters. The molecule has 0 aromatic carbocycles. The van der Waals surface area contributed by atoms with Gasteiger partial charge in [-0.3, -0.25) is 14.5 Å². The maximum Gasteiger partial charge on any atom is 0.293 e. The fourth-order valence-corrected chi connectivity index (χ4v) is 3.53. The van der Waals surface area contributed by atoms with Crippen LogP contribution in [0.15, 0.2) is 17.2 Å². The molecule has 8 heteroatoms. The van der Waals surface area contributed by atoms with E-state index in [-0.39, 0.29) is 17.6 Å². The van der Waals surface area contributed by atoms with Crippen LogP contribution in [-0.4, -0.2) is 83.8 Å². The Hall–Kier alpha value is -2.37. The average Bonchev–Trinajstić information content (AvgIpc) is 2.71. The number of hydrogen-bond acceptors (Lipinski definition) is 6. The number of hydrogen-bond donors (Lipinski definition) is 0. The Bertz CT molecular complexity index is 781. The molecule has 2 saturated heterocycles. The van der Waals surface area contributed by atoms with Crippen molar-refractivity contribution in [3.63, 3.8) is 0 Å². The summed E-state index contributed by atoms with van der Waals surface area (Å²) >= 11 is 0. The third-order valence-electron chi connectivity index (χ3n) is 5.38. The molecule has 3 rings (SSSR count). The molecule has 3 heterocycles. The van der Waals surface area contributed by atoms with Crippen molar-refractivity contribution in [2.45, 2.75) is 25.9 Å². The number of piperazine rings is 1. The highest BCUT2D eigenvalue weighted by Gasteiger charge is 2.22. The van der Waals surface area contributed by atoms with Gasteiger partial charge in [-0.2, -0.15) is 0 Å². The van der Waals surface area contributed by atoms with Crippen LogP contribution in [0, 0.1) is 11.8 Å². The molecule has 2 aliphatic rings. The van der Waals surface area contributed by atoms with Gasteiger partial charge in [0, 0.05) is 65.6 Å². The molecule has 0 atom stereocenters. The number of ether oxygens (including phenoxy) is 1. The van der Waals surface area contributed by atoms with E-state index in [1.807, 2.05) is 9.80 Å². The highest BCUT2D eigenvalue weighted by atomic mass is 16.5. The summed E-state index contributed by atoms with van der Waals surface area (Å²) < 4.78 is 7.44. The van der Waals surface area contributed by atoms with Gasteiger partial charge >= 0.3 is 0 Å². The Kier molecular flexibility index (Phi) is 7.06. The zero-order valence-electron chi connectivity index (χ0n) is 16.8. The number of aryl methyl sites for hydroxylation is 1. The van der Waals surface area contributed by atoms with E-state index in [1.54, 1.807) is 30.9 Å². The third-order valence-corrected chi connectivity index (χ3v) is 5.38. The number of carbonyl (C=O) groups is 1. The smallest absolute Gasteiger partial charge is 0.293 e. The lowest BCUT2D eigenvalue weighted by Crippen LogP contribution is -2.47. The topological polar surface area (TPSA) is 70.9 Å². The maximum atomic E-state index is 12.2. The highest BCUT2D eigenvalue weighted by molar-refractivity contribution is 5.73. The molecule has 0 saturated carbocycles. The van der Waals surface area contributed by atoms with E-state index in [0.29, 0.717) is 12.4 Å². The van der Waals surface area contributed by atoms with Crippen molar-refractivity contribution >= 4 is 11.7 Å². The van der Waals surface area contributed by atoms with Crippen LogP contribution in [0.2, 0.25) is 0 Å². The second-order valence-electron chi connectivity index (χ2n) is 7.30. The van der Waals surface area contributed by atoms with Gasteiger partial charge in [0.25, 0.3) is 5.56 Å². The number of piperidine rings is 1. The van der Waals surface area contributed by atoms with Crippen molar-refractivity contribution in [3.05, 3.63) is 22.7 Å². The van der Waals surface area contributed by atoms with Crippen molar-refractivity contribution in [2.24, 2.45) is 7.05 Å². The first-order valence-corrected chi connectivity index (χ1v) is 9.86. The number of anilines is 1. The number of carbonyl (C=O) groups excluding carboxylic acids is 1. The van der Waals surface area contributed by atoms with Crippen LogP contribution in [0.4, 0.5) is 5.82 Å². The summed E-state index contributed by atoms with van der Waals surface area (Å²) in [6.07, 6.45) is 5.25. The molecule has 28 heavy (non-hydrogen) atoms. The molecule has 2 aliphatic heterocycles. The number of rotatable bonds is 4. The molecule has 2 fully saturated rings. The van der Waals surface area contributed by atoms with Crippen molar-refractivity contribution in [1.29, 1.82) is 0 Å². The second-order valence-corrected chi connectivity index (χ2v) is 7.30. The van der Waals surface area contributed by atoms with E-state index in [9.17, 15) is 9.59 Å². The maximum absolute atomic E-state index is 12.2. The molecule has 152 valence electrons. The molecule has 0 radical (unpaired) electrons. The number of amides is 1. The van der Waals surface area contributed by atoms with Crippen molar-refractivity contribution in [2.75, 3.05) is 57.3 Å². The largest absolute Gasteiger partial charge is 0.365 e. The van der Waals surface area contributed by atoms with Crippen LogP contribution in [0.25, 0.3) is 0 Å². The third kappa shape index (κ3) is 5.33. The van der Waals surface area contributed by atoms with Crippen LogP contribution in [-0.2, 0) is 16.6 Å². The molecule has 0 bridgehead atoms. The summed E-state index contributed by atoms with van der Waals surface area (Å²) in [5.74, 6) is 6.94. The van der Waals surface area contributed by atoms with Gasteiger partial charge in [0.05, 0.1) is 12.6 Å². The first-order valence-electron chi connectivity index (χ1n) is 9.86. The Morgan fingerprint density at radius 2 is 1.89 bits per heavy atom. The molecule has 1 aromatic rings. The van der Waals surface area contributed by atoms with E-state index >= 15 is 0 Å². The molecule has 1 amide bonds. The summed E-state index contributed by atoms with van der Waals surface area (Å²) in [5.41, 5.74) is -0.0585. The predicted octanol–water partition coefficient (Wildman–Crippen LogP) is -0.0668. The first kappa shape index (κ1) is 20.4. The normalized spacial score (nSPS) is 18.6. The van der Waals surface area contributed by atoms with Crippen LogP contribution in [0.3, 0.4) is 0 Å². The molecule has 0 aliphatic carbocycles. The Morgan fingerprint density at radius 1 is 1.18 bits per heavy atom. The Balaban J connectivity index is 1.34. The van der Waals surface area contributed by atoms with Gasteiger partial charge in [-0.25, -0.2) is 4.98 Å². The summed E-state index contributed by atoms with van der Waals surface area (Å²) in [6.45, 7) is 7.63. The zero-order chi connectivity index (χ0) is 19.9. The van der Waals surface area contributed by atoms with Gasteiger partial charge in [0.15, 0.2) is 5.82 Å². The Morgan fingerprint density at radius 3 is 2.57 bits per heavy atom.